The summed E-state index contributed by atoms with van der Waals surface area (Å²) in [5.74, 6) is 0.628. The van der Waals surface area contributed by atoms with Crippen molar-refractivity contribution in [1.82, 2.24) is 4.57 Å². The quantitative estimate of drug-likeness (QED) is 0.300. The van der Waals surface area contributed by atoms with Crippen molar-refractivity contribution >= 4 is 50.9 Å². The summed E-state index contributed by atoms with van der Waals surface area (Å²) in [6.45, 7) is 6.36. The third-order valence-corrected chi connectivity index (χ3v) is 7.70. The van der Waals surface area contributed by atoms with Crippen LogP contribution < -0.4 is 24.4 Å². The summed E-state index contributed by atoms with van der Waals surface area (Å²) >= 11 is 11.2. The van der Waals surface area contributed by atoms with Gasteiger partial charge in [-0.25, -0.2) is 9.79 Å². The number of nitrogens with zero attached hydrogens (tertiary/aromatic N) is 2. The molecule has 0 saturated heterocycles. The number of carbonyl (C=O) groups excluding carboxylic acids is 1. The highest BCUT2D eigenvalue weighted by molar-refractivity contribution is 9.10. The van der Waals surface area contributed by atoms with Crippen molar-refractivity contribution in [1.29, 1.82) is 0 Å². The highest BCUT2D eigenvalue weighted by Gasteiger charge is 2.36. The lowest BCUT2D eigenvalue weighted by Gasteiger charge is -2.27. The lowest BCUT2D eigenvalue weighted by atomic mass is 9.93. The van der Waals surface area contributed by atoms with Crippen LogP contribution in [-0.2, 0) is 9.53 Å². The Kier molecular flexibility index (Phi) is 9.12. The molecule has 0 unspecified atom stereocenters. The number of methoxy groups -OCH3 is 1. The van der Waals surface area contributed by atoms with Gasteiger partial charge in [-0.3, -0.25) is 9.36 Å². The molecule has 38 heavy (non-hydrogen) atoms. The van der Waals surface area contributed by atoms with Crippen molar-refractivity contribution in [2.45, 2.75) is 39.7 Å². The highest BCUT2D eigenvalue weighted by atomic mass is 79.9. The Morgan fingerprint density at radius 3 is 2.58 bits per heavy atom. The third-order valence-electron chi connectivity index (χ3n) is 5.93. The number of benzene rings is 2. The van der Waals surface area contributed by atoms with E-state index in [2.05, 4.69) is 15.9 Å². The largest absolute Gasteiger partial charge is 0.496 e. The van der Waals surface area contributed by atoms with Gasteiger partial charge < -0.3 is 14.2 Å². The van der Waals surface area contributed by atoms with Gasteiger partial charge in [0.2, 0.25) is 0 Å². The maximum atomic E-state index is 13.9. The molecule has 0 radical (unpaired) electrons. The number of rotatable bonds is 9. The molecule has 1 aromatic heterocycles. The van der Waals surface area contributed by atoms with Gasteiger partial charge in [0.25, 0.3) is 5.56 Å². The Morgan fingerprint density at radius 2 is 1.92 bits per heavy atom. The fraction of sp³-hybridized carbons (Fsp3) is 0.321. The van der Waals surface area contributed by atoms with E-state index in [9.17, 15) is 9.59 Å². The van der Waals surface area contributed by atoms with Crippen molar-refractivity contribution in [3.8, 4) is 11.5 Å². The molecule has 0 aliphatic carbocycles. The lowest BCUT2D eigenvalue weighted by molar-refractivity contribution is -0.139. The number of fused-ring (bicyclic) bond motifs is 1. The van der Waals surface area contributed by atoms with Gasteiger partial charge in [0.1, 0.15) is 17.5 Å². The van der Waals surface area contributed by atoms with Crippen molar-refractivity contribution in [3.63, 3.8) is 0 Å². The Morgan fingerprint density at radius 1 is 1.16 bits per heavy atom. The average Bonchev–Trinajstić information content (AvgIpc) is 3.19. The average molecular weight is 620 g/mol. The second kappa shape index (κ2) is 12.3. The maximum Gasteiger partial charge on any atom is 0.338 e. The van der Waals surface area contributed by atoms with E-state index in [1.807, 2.05) is 32.0 Å². The van der Waals surface area contributed by atoms with Crippen LogP contribution in [0, 0.1) is 0 Å². The van der Waals surface area contributed by atoms with E-state index in [4.69, 9.17) is 30.8 Å². The minimum Gasteiger partial charge on any atom is -0.496 e. The van der Waals surface area contributed by atoms with Crippen molar-refractivity contribution in [2.75, 3.05) is 20.3 Å². The van der Waals surface area contributed by atoms with Crippen molar-refractivity contribution < 1.29 is 19.0 Å². The van der Waals surface area contributed by atoms with Crippen LogP contribution in [-0.4, -0.2) is 30.9 Å². The van der Waals surface area contributed by atoms with E-state index < -0.39 is 12.0 Å². The lowest BCUT2D eigenvalue weighted by Crippen LogP contribution is -2.40. The Hall–Kier alpha value is -2.88. The first kappa shape index (κ1) is 28.1. The van der Waals surface area contributed by atoms with Gasteiger partial charge in [-0.1, -0.05) is 58.3 Å². The zero-order valence-corrected chi connectivity index (χ0v) is 24.7. The standard InChI is InChI=1S/C28H28BrClN2O5S/c1-5-8-20-24(27(34)37-7-3)25(18-15-17(29)10-12-21(18)35-4)32-26(33)23(38-28(32)31-20)14-16-9-11-22(36-6-2)19(30)13-16/h9-15,25H,5-8H2,1-4H3/b23-14+/t25-/m1/s1. The molecular weight excluding hydrogens is 592 g/mol. The third kappa shape index (κ3) is 5.60. The molecule has 0 N–H and O–H groups in total. The van der Waals surface area contributed by atoms with E-state index in [1.54, 1.807) is 42.9 Å². The zero-order chi connectivity index (χ0) is 27.4. The molecule has 2 heterocycles. The molecule has 1 aliphatic heterocycles. The van der Waals surface area contributed by atoms with Gasteiger partial charge in [-0.2, -0.15) is 0 Å². The van der Waals surface area contributed by atoms with Crippen LogP contribution >= 0.6 is 38.9 Å². The Bertz CT molecular complexity index is 1580. The number of halogens is 2. The minimum atomic E-state index is -0.773. The van der Waals surface area contributed by atoms with Gasteiger partial charge >= 0.3 is 5.97 Å². The number of aromatic nitrogens is 1. The fourth-order valence-corrected chi connectivity index (χ4v) is 6.01. The van der Waals surface area contributed by atoms with Gasteiger partial charge in [0.05, 0.1) is 41.1 Å². The summed E-state index contributed by atoms with van der Waals surface area (Å²) in [6.07, 6.45) is 3.10. The number of thiazole rings is 1. The maximum absolute atomic E-state index is 13.9. The van der Waals surface area contributed by atoms with Crippen LogP contribution in [0.2, 0.25) is 5.02 Å². The number of allylic oxidation sites excluding steroid dienone is 1. The first-order chi connectivity index (χ1) is 18.3. The molecule has 0 saturated carbocycles. The molecule has 0 fully saturated rings. The summed E-state index contributed by atoms with van der Waals surface area (Å²) in [7, 11) is 1.56. The second-order valence-corrected chi connectivity index (χ2v) is 10.8. The van der Waals surface area contributed by atoms with Crippen LogP contribution in [0.4, 0.5) is 0 Å². The summed E-state index contributed by atoms with van der Waals surface area (Å²) in [5.41, 5.74) is 2.08. The van der Waals surface area contributed by atoms with E-state index in [0.29, 0.717) is 55.7 Å². The molecule has 200 valence electrons. The van der Waals surface area contributed by atoms with Crippen LogP contribution in [0.25, 0.3) is 6.08 Å². The molecule has 3 aromatic rings. The zero-order valence-electron chi connectivity index (χ0n) is 21.5. The van der Waals surface area contributed by atoms with E-state index in [0.717, 1.165) is 16.5 Å². The summed E-state index contributed by atoms with van der Waals surface area (Å²) in [6, 6.07) is 10.1. The van der Waals surface area contributed by atoms with Gasteiger partial charge in [-0.05, 0) is 62.2 Å². The van der Waals surface area contributed by atoms with Crippen LogP contribution in [0.5, 0.6) is 11.5 Å². The molecule has 0 bridgehead atoms. The molecule has 10 heteroatoms. The molecule has 0 spiro atoms. The number of hydrogen-bond donors (Lipinski definition) is 0. The minimum absolute atomic E-state index is 0.201. The normalized spacial score (nSPS) is 15.2. The molecule has 4 rings (SSSR count). The van der Waals surface area contributed by atoms with Crippen LogP contribution in [0.1, 0.15) is 50.8 Å². The van der Waals surface area contributed by atoms with Crippen molar-refractivity contribution in [2.24, 2.45) is 4.99 Å². The van der Waals surface area contributed by atoms with Crippen LogP contribution in [0.3, 0.4) is 0 Å². The number of ether oxygens (including phenoxy) is 3. The van der Waals surface area contributed by atoms with Crippen molar-refractivity contribution in [3.05, 3.63) is 88.0 Å². The fourth-order valence-electron chi connectivity index (χ4n) is 4.36. The van der Waals surface area contributed by atoms with Crippen LogP contribution in [0.15, 0.2) is 61.9 Å². The first-order valence-corrected chi connectivity index (χ1v) is 14.3. The van der Waals surface area contributed by atoms with E-state index in [-0.39, 0.29) is 12.2 Å². The Labute approximate surface area is 238 Å². The molecule has 7 nitrogen and oxygen atoms in total. The smallest absolute Gasteiger partial charge is 0.338 e. The molecule has 1 aliphatic rings. The number of hydrogen-bond acceptors (Lipinski definition) is 7. The van der Waals surface area contributed by atoms with Gasteiger partial charge in [0, 0.05) is 10.0 Å². The predicted octanol–water partition coefficient (Wildman–Crippen LogP) is 5.40. The second-order valence-electron chi connectivity index (χ2n) is 8.42. The van der Waals surface area contributed by atoms with E-state index in [1.165, 1.54) is 11.3 Å². The SMILES string of the molecule is CCCC1=C(C(=O)OCC)[C@@H](c2cc(Br)ccc2OC)n2c(s/c(=C/c3ccc(OCC)c(Cl)c3)c2=O)=N1. The molecule has 1 atom stereocenters. The van der Waals surface area contributed by atoms with E-state index >= 15 is 0 Å². The molecule has 2 aromatic carbocycles. The summed E-state index contributed by atoms with van der Waals surface area (Å²) in [5, 5.41) is 0.458. The number of carbonyl (C=O) groups is 1. The topological polar surface area (TPSA) is 79.1 Å². The molecular formula is C28H28BrClN2O5S. The number of esters is 1. The monoisotopic (exact) mass is 618 g/mol. The Balaban J connectivity index is 2.00. The highest BCUT2D eigenvalue weighted by Crippen LogP contribution is 2.38. The first-order valence-electron chi connectivity index (χ1n) is 12.3. The van der Waals surface area contributed by atoms with Gasteiger partial charge in [-0.15, -0.1) is 0 Å². The van der Waals surface area contributed by atoms with Gasteiger partial charge in [0.15, 0.2) is 4.80 Å². The molecule has 0 amide bonds. The summed E-state index contributed by atoms with van der Waals surface area (Å²) < 4.78 is 19.5. The predicted molar refractivity (Wildman–Crippen MR) is 153 cm³/mol. The summed E-state index contributed by atoms with van der Waals surface area (Å²) in [4.78, 5) is 32.6.